The molecular formula is C17H17ClO4S. The van der Waals surface area contributed by atoms with E-state index >= 15 is 0 Å². The minimum absolute atomic E-state index is 0.0149. The van der Waals surface area contributed by atoms with Crippen LogP contribution in [-0.2, 0) is 14.6 Å². The van der Waals surface area contributed by atoms with Crippen LogP contribution in [0.25, 0.3) is 0 Å². The summed E-state index contributed by atoms with van der Waals surface area (Å²) in [6, 6.07) is 13.1. The Kier molecular flexibility index (Phi) is 5.44. The van der Waals surface area contributed by atoms with Crippen LogP contribution in [0.2, 0.25) is 5.02 Å². The van der Waals surface area contributed by atoms with Crippen LogP contribution in [0.1, 0.15) is 35.9 Å². The van der Waals surface area contributed by atoms with Gasteiger partial charge in [-0.2, -0.15) is 0 Å². The Labute approximate surface area is 141 Å². The van der Waals surface area contributed by atoms with Crippen LogP contribution >= 0.6 is 11.6 Å². The Morgan fingerprint density at radius 1 is 1.13 bits per heavy atom. The summed E-state index contributed by atoms with van der Waals surface area (Å²) in [5, 5.41) is 0.488. The molecule has 0 radical (unpaired) electrons. The molecule has 4 nitrogen and oxygen atoms in total. The molecule has 0 fully saturated rings. The number of halogens is 1. The van der Waals surface area contributed by atoms with Gasteiger partial charge in [0.15, 0.2) is 9.84 Å². The third-order valence-corrected chi connectivity index (χ3v) is 5.58. The summed E-state index contributed by atoms with van der Waals surface area (Å²) in [5.41, 5.74) is 0.701. The molecule has 0 heterocycles. The van der Waals surface area contributed by atoms with Crippen molar-refractivity contribution in [2.45, 2.75) is 24.8 Å². The first kappa shape index (κ1) is 17.5. The predicted molar refractivity (Wildman–Crippen MR) is 89.5 cm³/mol. The van der Waals surface area contributed by atoms with Gasteiger partial charge in [0.05, 0.1) is 16.2 Å². The van der Waals surface area contributed by atoms with Crippen molar-refractivity contribution in [3.63, 3.8) is 0 Å². The number of ether oxygens (including phenoxy) is 1. The van der Waals surface area contributed by atoms with Crippen LogP contribution in [-0.4, -0.2) is 20.1 Å². The fourth-order valence-electron chi connectivity index (χ4n) is 2.15. The van der Waals surface area contributed by atoms with Gasteiger partial charge in [0.1, 0.15) is 6.10 Å². The average Bonchev–Trinajstić information content (AvgIpc) is 2.55. The average molecular weight is 353 g/mol. The van der Waals surface area contributed by atoms with Gasteiger partial charge in [-0.25, -0.2) is 13.2 Å². The smallest absolute Gasteiger partial charge is 0.340 e. The maximum absolute atomic E-state index is 12.4. The molecule has 0 spiro atoms. The van der Waals surface area contributed by atoms with Gasteiger partial charge < -0.3 is 4.74 Å². The second kappa shape index (κ2) is 7.15. The SMILES string of the molecule is CCS(=O)(=O)c1ccccc1C(=O)O[C@H](C)c1ccccc1Cl. The first-order chi connectivity index (χ1) is 10.9. The predicted octanol–water partition coefficient (Wildman–Crippen LogP) is 4.05. The zero-order chi connectivity index (χ0) is 17.0. The number of carbonyl (C=O) groups excluding carboxylic acids is 1. The first-order valence-corrected chi connectivity index (χ1v) is 9.17. The number of esters is 1. The zero-order valence-corrected chi connectivity index (χ0v) is 14.4. The summed E-state index contributed by atoms with van der Waals surface area (Å²) < 4.78 is 29.6. The number of rotatable bonds is 5. The Morgan fingerprint density at radius 3 is 2.39 bits per heavy atom. The molecule has 0 saturated heterocycles. The fourth-order valence-corrected chi connectivity index (χ4v) is 3.53. The van der Waals surface area contributed by atoms with E-state index < -0.39 is 21.9 Å². The summed E-state index contributed by atoms with van der Waals surface area (Å²) in [4.78, 5) is 12.4. The number of benzene rings is 2. The van der Waals surface area contributed by atoms with Gasteiger partial charge in [0.25, 0.3) is 0 Å². The lowest BCUT2D eigenvalue weighted by Crippen LogP contribution is -2.15. The van der Waals surface area contributed by atoms with Crippen LogP contribution in [0.5, 0.6) is 0 Å². The Balaban J connectivity index is 2.31. The molecule has 0 N–H and O–H groups in total. The topological polar surface area (TPSA) is 60.4 Å². The molecule has 0 saturated carbocycles. The highest BCUT2D eigenvalue weighted by Gasteiger charge is 2.23. The Bertz CT molecular complexity index is 815. The minimum Gasteiger partial charge on any atom is -0.454 e. The van der Waals surface area contributed by atoms with Crippen LogP contribution in [0.3, 0.4) is 0 Å². The minimum atomic E-state index is -3.51. The van der Waals surface area contributed by atoms with E-state index in [0.717, 1.165) is 0 Å². The van der Waals surface area contributed by atoms with Gasteiger partial charge in [0.2, 0.25) is 0 Å². The monoisotopic (exact) mass is 352 g/mol. The standard InChI is InChI=1S/C17H17ClO4S/c1-3-23(20,21)16-11-7-5-9-14(16)17(19)22-12(2)13-8-4-6-10-15(13)18/h4-12H,3H2,1-2H3/t12-/m1/s1. The summed E-state index contributed by atoms with van der Waals surface area (Å²) >= 11 is 6.09. The second-order valence-corrected chi connectivity index (χ2v) is 7.62. The highest BCUT2D eigenvalue weighted by molar-refractivity contribution is 7.91. The van der Waals surface area contributed by atoms with Crippen LogP contribution in [0, 0.1) is 0 Å². The number of hydrogen-bond donors (Lipinski definition) is 0. The molecule has 6 heteroatoms. The normalized spacial score (nSPS) is 12.7. The van der Waals surface area contributed by atoms with Crippen LogP contribution in [0.4, 0.5) is 0 Å². The summed E-state index contributed by atoms with van der Waals surface area (Å²) in [6.45, 7) is 3.22. The number of carbonyl (C=O) groups is 1. The van der Waals surface area contributed by atoms with E-state index in [2.05, 4.69) is 0 Å². The summed E-state index contributed by atoms with van der Waals surface area (Å²) in [7, 11) is -3.51. The number of sulfone groups is 1. The molecule has 2 rings (SSSR count). The highest BCUT2D eigenvalue weighted by atomic mass is 35.5. The molecule has 122 valence electrons. The molecule has 0 aliphatic rings. The van der Waals surface area contributed by atoms with E-state index in [1.165, 1.54) is 19.1 Å². The van der Waals surface area contributed by atoms with Crippen molar-refractivity contribution in [3.05, 3.63) is 64.7 Å². The molecular weight excluding hydrogens is 336 g/mol. The summed E-state index contributed by atoms with van der Waals surface area (Å²) in [6.07, 6.45) is -0.589. The van der Waals surface area contributed by atoms with E-state index in [9.17, 15) is 13.2 Å². The maximum Gasteiger partial charge on any atom is 0.340 e. The lowest BCUT2D eigenvalue weighted by molar-refractivity contribution is 0.0333. The van der Waals surface area contributed by atoms with Crippen molar-refractivity contribution in [1.82, 2.24) is 0 Å². The Morgan fingerprint density at radius 2 is 1.74 bits per heavy atom. The van der Waals surface area contributed by atoms with Crippen molar-refractivity contribution in [3.8, 4) is 0 Å². The van der Waals surface area contributed by atoms with Gasteiger partial charge in [-0.15, -0.1) is 0 Å². The van der Waals surface area contributed by atoms with Crippen molar-refractivity contribution >= 4 is 27.4 Å². The molecule has 2 aromatic carbocycles. The van der Waals surface area contributed by atoms with Gasteiger partial charge in [-0.3, -0.25) is 0 Å². The molecule has 0 aromatic heterocycles. The molecule has 0 aliphatic carbocycles. The van der Waals surface area contributed by atoms with E-state index in [-0.39, 0.29) is 16.2 Å². The van der Waals surface area contributed by atoms with E-state index in [4.69, 9.17) is 16.3 Å². The van der Waals surface area contributed by atoms with E-state index in [1.807, 2.05) is 0 Å². The van der Waals surface area contributed by atoms with Gasteiger partial charge in [-0.1, -0.05) is 48.9 Å². The molecule has 1 atom stereocenters. The largest absolute Gasteiger partial charge is 0.454 e. The third-order valence-electron chi connectivity index (χ3n) is 3.45. The molecule has 2 aromatic rings. The van der Waals surface area contributed by atoms with Crippen LogP contribution < -0.4 is 0 Å². The van der Waals surface area contributed by atoms with Crippen molar-refractivity contribution < 1.29 is 17.9 Å². The van der Waals surface area contributed by atoms with Crippen molar-refractivity contribution in [2.75, 3.05) is 5.75 Å². The van der Waals surface area contributed by atoms with Gasteiger partial charge in [-0.05, 0) is 25.1 Å². The number of hydrogen-bond acceptors (Lipinski definition) is 4. The molecule has 23 heavy (non-hydrogen) atoms. The van der Waals surface area contributed by atoms with Gasteiger partial charge in [0, 0.05) is 10.6 Å². The fraction of sp³-hybridized carbons (Fsp3) is 0.235. The molecule has 0 bridgehead atoms. The quantitative estimate of drug-likeness (QED) is 0.761. The highest BCUT2D eigenvalue weighted by Crippen LogP contribution is 2.27. The lowest BCUT2D eigenvalue weighted by Gasteiger charge is -2.16. The van der Waals surface area contributed by atoms with Gasteiger partial charge >= 0.3 is 5.97 Å². The summed E-state index contributed by atoms with van der Waals surface area (Å²) in [5.74, 6) is -0.776. The lowest BCUT2D eigenvalue weighted by atomic mass is 10.1. The second-order valence-electron chi connectivity index (χ2n) is 4.97. The Hall–Kier alpha value is -1.85. The van der Waals surface area contributed by atoms with E-state index in [1.54, 1.807) is 43.3 Å². The maximum atomic E-state index is 12.4. The van der Waals surface area contributed by atoms with Crippen molar-refractivity contribution in [2.24, 2.45) is 0 Å². The zero-order valence-electron chi connectivity index (χ0n) is 12.8. The molecule has 0 unspecified atom stereocenters. The van der Waals surface area contributed by atoms with Crippen LogP contribution in [0.15, 0.2) is 53.4 Å². The molecule has 0 aliphatic heterocycles. The van der Waals surface area contributed by atoms with E-state index in [0.29, 0.717) is 10.6 Å². The molecule has 0 amide bonds. The van der Waals surface area contributed by atoms with Crippen molar-refractivity contribution in [1.29, 1.82) is 0 Å². The third kappa shape index (κ3) is 3.92. The first-order valence-electron chi connectivity index (χ1n) is 7.14.